The molecule has 0 aromatic heterocycles. The second kappa shape index (κ2) is 9.44. The molecule has 174 valence electrons. The van der Waals surface area contributed by atoms with Gasteiger partial charge in [0, 0.05) is 20.7 Å². The molecule has 5 heteroatoms. The van der Waals surface area contributed by atoms with Crippen molar-refractivity contribution >= 4 is 34.8 Å². The molecule has 35 heavy (non-hydrogen) atoms. The van der Waals surface area contributed by atoms with E-state index in [0.717, 1.165) is 49.5 Å². The molecular formula is C30H24ClNO2S. The van der Waals surface area contributed by atoms with Crippen LogP contribution in [0.25, 0.3) is 0 Å². The SMILES string of the molecule is CCOc1ccc2c(c1)SC(c1ccccc1Cl)C1C(=N2)c2ccccc2OC1c1ccccc1. The molecule has 2 aliphatic heterocycles. The van der Waals surface area contributed by atoms with Crippen LogP contribution in [0.15, 0.2) is 107 Å². The molecule has 6 rings (SSSR count). The second-order valence-corrected chi connectivity index (χ2v) is 10.2. The molecule has 4 aromatic rings. The first-order valence-corrected chi connectivity index (χ1v) is 13.1. The lowest BCUT2D eigenvalue weighted by Gasteiger charge is -2.38. The van der Waals surface area contributed by atoms with Crippen LogP contribution in [0.1, 0.15) is 35.0 Å². The number of ether oxygens (including phenoxy) is 2. The Labute approximate surface area is 214 Å². The number of fused-ring (bicyclic) bond motifs is 4. The number of thioether (sulfide) groups is 1. The molecule has 0 fully saturated rings. The van der Waals surface area contributed by atoms with E-state index in [1.807, 2.05) is 49.4 Å². The Bertz CT molecular complexity index is 1400. The van der Waals surface area contributed by atoms with E-state index in [1.165, 1.54) is 0 Å². The van der Waals surface area contributed by atoms with Gasteiger partial charge in [0.15, 0.2) is 0 Å². The summed E-state index contributed by atoms with van der Waals surface area (Å²) in [4.78, 5) is 6.38. The molecule has 0 spiro atoms. The van der Waals surface area contributed by atoms with Crippen molar-refractivity contribution in [1.82, 2.24) is 0 Å². The van der Waals surface area contributed by atoms with Crippen molar-refractivity contribution in [2.24, 2.45) is 10.9 Å². The molecule has 0 aliphatic carbocycles. The first kappa shape index (κ1) is 22.3. The number of halogens is 1. The number of hydrogen-bond donors (Lipinski definition) is 0. The molecule has 0 saturated heterocycles. The lowest BCUT2D eigenvalue weighted by atomic mass is 9.80. The number of aliphatic imine (C=N–C) groups is 1. The van der Waals surface area contributed by atoms with Crippen molar-refractivity contribution in [2.75, 3.05) is 6.61 Å². The summed E-state index contributed by atoms with van der Waals surface area (Å²) in [5, 5.41) is 0.735. The number of rotatable bonds is 4. The first-order valence-electron chi connectivity index (χ1n) is 11.8. The predicted molar refractivity (Wildman–Crippen MR) is 144 cm³/mol. The van der Waals surface area contributed by atoms with E-state index in [1.54, 1.807) is 11.8 Å². The Morgan fingerprint density at radius 2 is 1.69 bits per heavy atom. The normalized spacial score (nSPS) is 20.4. The summed E-state index contributed by atoms with van der Waals surface area (Å²) < 4.78 is 12.6. The fourth-order valence-electron chi connectivity index (χ4n) is 4.91. The maximum atomic E-state index is 6.83. The number of hydrogen-bond acceptors (Lipinski definition) is 4. The van der Waals surface area contributed by atoms with Gasteiger partial charge in [-0.1, -0.05) is 72.3 Å². The Kier molecular flexibility index (Phi) is 6.01. The van der Waals surface area contributed by atoms with Crippen molar-refractivity contribution < 1.29 is 9.47 Å². The predicted octanol–water partition coefficient (Wildman–Crippen LogP) is 8.46. The summed E-state index contributed by atoms with van der Waals surface area (Å²) in [5.74, 6) is 1.65. The van der Waals surface area contributed by atoms with Gasteiger partial charge in [-0.15, -0.1) is 11.8 Å². The van der Waals surface area contributed by atoms with Crippen LogP contribution in [0.5, 0.6) is 11.5 Å². The van der Waals surface area contributed by atoms with E-state index < -0.39 is 0 Å². The molecule has 0 radical (unpaired) electrons. The Hall–Kier alpha value is -3.21. The quantitative estimate of drug-likeness (QED) is 0.283. The maximum absolute atomic E-state index is 6.83. The van der Waals surface area contributed by atoms with Gasteiger partial charge in [-0.3, -0.25) is 4.99 Å². The van der Waals surface area contributed by atoms with Gasteiger partial charge in [0.05, 0.1) is 23.9 Å². The fraction of sp³-hybridized carbons (Fsp3) is 0.167. The molecule has 2 aliphatic rings. The zero-order chi connectivity index (χ0) is 23.8. The molecule has 2 heterocycles. The van der Waals surface area contributed by atoms with Gasteiger partial charge >= 0.3 is 0 Å². The van der Waals surface area contributed by atoms with Crippen molar-refractivity contribution in [3.8, 4) is 11.5 Å². The van der Waals surface area contributed by atoms with E-state index in [4.69, 9.17) is 26.1 Å². The second-order valence-electron chi connectivity index (χ2n) is 8.59. The Balaban J connectivity index is 1.61. The van der Waals surface area contributed by atoms with Crippen LogP contribution in [0.2, 0.25) is 5.02 Å². The van der Waals surface area contributed by atoms with Crippen molar-refractivity contribution in [1.29, 1.82) is 0 Å². The van der Waals surface area contributed by atoms with E-state index in [2.05, 4.69) is 54.6 Å². The lowest BCUT2D eigenvalue weighted by Crippen LogP contribution is -2.35. The third kappa shape index (κ3) is 4.11. The summed E-state index contributed by atoms with van der Waals surface area (Å²) in [5.41, 5.74) is 5.20. The Morgan fingerprint density at radius 3 is 2.51 bits per heavy atom. The number of nitrogens with zero attached hydrogens (tertiary/aromatic N) is 1. The van der Waals surface area contributed by atoms with Gasteiger partial charge < -0.3 is 9.47 Å². The fourth-order valence-corrected chi connectivity index (χ4v) is 6.67. The summed E-state index contributed by atoms with van der Waals surface area (Å²) in [6, 6.07) is 32.9. The average Bonchev–Trinajstić information content (AvgIpc) is 3.06. The third-order valence-electron chi connectivity index (χ3n) is 6.46. The molecular weight excluding hydrogens is 474 g/mol. The van der Waals surface area contributed by atoms with Gasteiger partial charge in [0.1, 0.15) is 17.6 Å². The van der Waals surface area contributed by atoms with Gasteiger partial charge in [-0.2, -0.15) is 0 Å². The van der Waals surface area contributed by atoms with Crippen LogP contribution in [0, 0.1) is 5.92 Å². The van der Waals surface area contributed by atoms with Crippen molar-refractivity contribution in [3.05, 3.63) is 119 Å². The molecule has 0 N–H and O–H groups in total. The number of benzene rings is 4. The smallest absolute Gasteiger partial charge is 0.134 e. The topological polar surface area (TPSA) is 30.8 Å². The van der Waals surface area contributed by atoms with E-state index in [-0.39, 0.29) is 17.3 Å². The summed E-state index contributed by atoms with van der Waals surface area (Å²) >= 11 is 8.61. The highest BCUT2D eigenvalue weighted by atomic mass is 35.5. The van der Waals surface area contributed by atoms with Crippen LogP contribution in [0.3, 0.4) is 0 Å². The van der Waals surface area contributed by atoms with E-state index in [0.29, 0.717) is 6.61 Å². The van der Waals surface area contributed by atoms with Crippen molar-refractivity contribution in [3.63, 3.8) is 0 Å². The van der Waals surface area contributed by atoms with Crippen LogP contribution in [-0.2, 0) is 0 Å². The van der Waals surface area contributed by atoms with Crippen LogP contribution < -0.4 is 9.47 Å². The zero-order valence-corrected chi connectivity index (χ0v) is 20.8. The maximum Gasteiger partial charge on any atom is 0.134 e. The van der Waals surface area contributed by atoms with Crippen LogP contribution in [-0.4, -0.2) is 12.3 Å². The summed E-state index contributed by atoms with van der Waals surface area (Å²) in [6.07, 6.45) is -0.209. The van der Waals surface area contributed by atoms with Gasteiger partial charge in [-0.05, 0) is 54.4 Å². The van der Waals surface area contributed by atoms with E-state index in [9.17, 15) is 0 Å². The highest BCUT2D eigenvalue weighted by Crippen LogP contribution is 2.56. The Morgan fingerprint density at radius 1 is 0.914 bits per heavy atom. The summed E-state index contributed by atoms with van der Waals surface area (Å²) in [6.45, 7) is 2.62. The molecule has 3 atom stereocenters. The minimum Gasteiger partial charge on any atom is -0.494 e. The van der Waals surface area contributed by atoms with Gasteiger partial charge in [0.25, 0.3) is 0 Å². The average molecular weight is 498 g/mol. The lowest BCUT2D eigenvalue weighted by molar-refractivity contribution is 0.156. The zero-order valence-electron chi connectivity index (χ0n) is 19.2. The highest BCUT2D eigenvalue weighted by molar-refractivity contribution is 7.99. The minimum atomic E-state index is -0.209. The van der Waals surface area contributed by atoms with Gasteiger partial charge in [0.2, 0.25) is 0 Å². The number of para-hydroxylation sites is 1. The molecule has 0 saturated carbocycles. The minimum absolute atomic E-state index is 0.0147. The standard InChI is InChI=1S/C30H24ClNO2S/c1-2-33-20-16-17-24-26(18-20)35-30(21-12-6-8-14-23(21)31)27-28(32-24)22-13-7-9-15-25(22)34-29(27)19-10-4-3-5-11-19/h3-18,27,29-30H,2H2,1H3. The molecule has 0 bridgehead atoms. The largest absolute Gasteiger partial charge is 0.494 e. The van der Waals surface area contributed by atoms with E-state index >= 15 is 0 Å². The monoisotopic (exact) mass is 497 g/mol. The van der Waals surface area contributed by atoms with Crippen LogP contribution >= 0.6 is 23.4 Å². The molecule has 0 amide bonds. The summed E-state index contributed by atoms with van der Waals surface area (Å²) in [7, 11) is 0. The first-order chi connectivity index (χ1) is 17.2. The third-order valence-corrected chi connectivity index (χ3v) is 8.19. The van der Waals surface area contributed by atoms with Crippen molar-refractivity contribution in [2.45, 2.75) is 23.2 Å². The molecule has 3 unspecified atom stereocenters. The van der Waals surface area contributed by atoms with Crippen LogP contribution in [0.4, 0.5) is 5.69 Å². The molecule has 3 nitrogen and oxygen atoms in total. The van der Waals surface area contributed by atoms with Gasteiger partial charge in [-0.25, -0.2) is 0 Å². The highest BCUT2D eigenvalue weighted by Gasteiger charge is 2.44. The molecule has 4 aromatic carbocycles.